The standard InChI is InChI=1S/C11H21NO3/c1-3-9(2)10(8-11(13)14)12-4-6-15-7-5-12/h9-10H,3-8H2,1-2H3,(H,13,14). The van der Waals surface area contributed by atoms with Crippen molar-refractivity contribution in [3.8, 4) is 0 Å². The number of nitrogens with zero attached hydrogens (tertiary/aromatic N) is 1. The van der Waals surface area contributed by atoms with Crippen molar-refractivity contribution in [2.24, 2.45) is 5.92 Å². The first kappa shape index (κ1) is 12.5. The van der Waals surface area contributed by atoms with Gasteiger partial charge in [-0.05, 0) is 5.92 Å². The van der Waals surface area contributed by atoms with Crippen molar-refractivity contribution in [2.75, 3.05) is 26.3 Å². The first-order valence-corrected chi connectivity index (χ1v) is 5.68. The third kappa shape index (κ3) is 3.80. The van der Waals surface area contributed by atoms with Gasteiger partial charge in [0.15, 0.2) is 0 Å². The summed E-state index contributed by atoms with van der Waals surface area (Å²) < 4.78 is 5.28. The van der Waals surface area contributed by atoms with E-state index in [1.165, 1.54) is 0 Å². The zero-order valence-electron chi connectivity index (χ0n) is 9.61. The van der Waals surface area contributed by atoms with Crippen LogP contribution >= 0.6 is 0 Å². The highest BCUT2D eigenvalue weighted by Crippen LogP contribution is 2.19. The van der Waals surface area contributed by atoms with Crippen molar-refractivity contribution in [3.63, 3.8) is 0 Å². The minimum absolute atomic E-state index is 0.163. The van der Waals surface area contributed by atoms with Crippen molar-refractivity contribution in [2.45, 2.75) is 32.7 Å². The Balaban J connectivity index is 2.56. The van der Waals surface area contributed by atoms with Gasteiger partial charge in [0.25, 0.3) is 0 Å². The normalized spacial score (nSPS) is 22.3. The van der Waals surface area contributed by atoms with Gasteiger partial charge in [-0.2, -0.15) is 0 Å². The average Bonchev–Trinajstić information content (AvgIpc) is 2.26. The summed E-state index contributed by atoms with van der Waals surface area (Å²) in [5.74, 6) is -0.272. The van der Waals surface area contributed by atoms with Gasteiger partial charge in [-0.3, -0.25) is 9.69 Å². The first-order valence-electron chi connectivity index (χ1n) is 5.68. The van der Waals surface area contributed by atoms with E-state index in [1.54, 1.807) is 0 Å². The summed E-state index contributed by atoms with van der Waals surface area (Å²) in [5.41, 5.74) is 0. The number of ether oxygens (including phenoxy) is 1. The maximum absolute atomic E-state index is 10.8. The highest BCUT2D eigenvalue weighted by molar-refractivity contribution is 5.67. The number of hydrogen-bond donors (Lipinski definition) is 1. The molecule has 2 atom stereocenters. The van der Waals surface area contributed by atoms with Crippen molar-refractivity contribution in [1.82, 2.24) is 4.90 Å². The van der Waals surface area contributed by atoms with E-state index in [1.807, 2.05) is 0 Å². The van der Waals surface area contributed by atoms with Crippen LogP contribution in [0.25, 0.3) is 0 Å². The number of morpholine rings is 1. The molecular weight excluding hydrogens is 194 g/mol. The Morgan fingerprint density at radius 1 is 1.47 bits per heavy atom. The molecule has 0 aromatic rings. The fourth-order valence-corrected chi connectivity index (χ4v) is 2.05. The van der Waals surface area contributed by atoms with Gasteiger partial charge in [-0.15, -0.1) is 0 Å². The van der Waals surface area contributed by atoms with Crippen molar-refractivity contribution in [1.29, 1.82) is 0 Å². The maximum Gasteiger partial charge on any atom is 0.304 e. The van der Waals surface area contributed by atoms with Crippen LogP contribution in [0, 0.1) is 5.92 Å². The molecule has 0 aromatic carbocycles. The Morgan fingerprint density at radius 3 is 2.53 bits per heavy atom. The van der Waals surface area contributed by atoms with Crippen LogP contribution in [0.4, 0.5) is 0 Å². The third-order valence-electron chi connectivity index (χ3n) is 3.20. The van der Waals surface area contributed by atoms with Crippen LogP contribution in [0.3, 0.4) is 0 Å². The molecule has 1 N–H and O–H groups in total. The second-order valence-electron chi connectivity index (χ2n) is 4.20. The SMILES string of the molecule is CCC(C)C(CC(=O)O)N1CCOCC1. The Labute approximate surface area is 91.2 Å². The monoisotopic (exact) mass is 215 g/mol. The van der Waals surface area contributed by atoms with E-state index >= 15 is 0 Å². The van der Waals surface area contributed by atoms with Crippen molar-refractivity contribution < 1.29 is 14.6 Å². The molecule has 1 heterocycles. The Hall–Kier alpha value is -0.610. The second-order valence-corrected chi connectivity index (χ2v) is 4.20. The molecular formula is C11H21NO3. The van der Waals surface area contributed by atoms with E-state index in [4.69, 9.17) is 9.84 Å². The van der Waals surface area contributed by atoms with Crippen molar-refractivity contribution >= 4 is 5.97 Å². The molecule has 1 fully saturated rings. The van der Waals surface area contributed by atoms with Crippen LogP contribution in [0.5, 0.6) is 0 Å². The van der Waals surface area contributed by atoms with Gasteiger partial charge in [0.05, 0.1) is 19.6 Å². The summed E-state index contributed by atoms with van der Waals surface area (Å²) in [5, 5.41) is 8.90. The summed E-state index contributed by atoms with van der Waals surface area (Å²) >= 11 is 0. The molecule has 0 radical (unpaired) electrons. The molecule has 0 aliphatic carbocycles. The van der Waals surface area contributed by atoms with Crippen LogP contribution in [0.1, 0.15) is 26.7 Å². The molecule has 4 heteroatoms. The Kier molecular flexibility index (Phi) is 5.05. The summed E-state index contributed by atoms with van der Waals surface area (Å²) in [4.78, 5) is 13.1. The Morgan fingerprint density at radius 2 is 2.07 bits per heavy atom. The lowest BCUT2D eigenvalue weighted by molar-refractivity contribution is -0.139. The number of aliphatic carboxylic acids is 1. The third-order valence-corrected chi connectivity index (χ3v) is 3.20. The molecule has 0 bridgehead atoms. The van der Waals surface area contributed by atoms with E-state index in [0.717, 1.165) is 32.7 Å². The summed E-state index contributed by atoms with van der Waals surface area (Å²) in [6.45, 7) is 7.42. The number of carboxylic acid groups (broad SMARTS) is 1. The zero-order valence-corrected chi connectivity index (χ0v) is 9.61. The van der Waals surface area contributed by atoms with Crippen LogP contribution in [-0.4, -0.2) is 48.3 Å². The molecule has 0 spiro atoms. The number of hydrogen-bond acceptors (Lipinski definition) is 3. The maximum atomic E-state index is 10.8. The lowest BCUT2D eigenvalue weighted by Crippen LogP contribution is -2.47. The molecule has 1 aliphatic heterocycles. The average molecular weight is 215 g/mol. The number of carboxylic acids is 1. The zero-order chi connectivity index (χ0) is 11.3. The van der Waals surface area contributed by atoms with Gasteiger partial charge in [-0.1, -0.05) is 20.3 Å². The van der Waals surface area contributed by atoms with E-state index < -0.39 is 5.97 Å². The van der Waals surface area contributed by atoms with E-state index in [0.29, 0.717) is 5.92 Å². The van der Waals surface area contributed by atoms with Crippen LogP contribution in [0.15, 0.2) is 0 Å². The minimum atomic E-state index is -0.702. The number of rotatable bonds is 5. The van der Waals surface area contributed by atoms with Gasteiger partial charge in [0.2, 0.25) is 0 Å². The molecule has 4 nitrogen and oxygen atoms in total. The molecule has 0 amide bonds. The Bertz CT molecular complexity index is 202. The molecule has 1 saturated heterocycles. The topological polar surface area (TPSA) is 49.8 Å². The predicted molar refractivity (Wildman–Crippen MR) is 57.9 cm³/mol. The molecule has 15 heavy (non-hydrogen) atoms. The van der Waals surface area contributed by atoms with E-state index in [2.05, 4.69) is 18.7 Å². The molecule has 1 aliphatic rings. The molecule has 88 valence electrons. The van der Waals surface area contributed by atoms with Gasteiger partial charge in [-0.25, -0.2) is 0 Å². The minimum Gasteiger partial charge on any atom is -0.481 e. The van der Waals surface area contributed by atoms with Gasteiger partial charge in [0.1, 0.15) is 0 Å². The molecule has 1 rings (SSSR count). The van der Waals surface area contributed by atoms with Crippen LogP contribution in [0.2, 0.25) is 0 Å². The van der Waals surface area contributed by atoms with Crippen LogP contribution < -0.4 is 0 Å². The fraction of sp³-hybridized carbons (Fsp3) is 0.909. The lowest BCUT2D eigenvalue weighted by atomic mass is 9.94. The van der Waals surface area contributed by atoms with Gasteiger partial charge < -0.3 is 9.84 Å². The molecule has 2 unspecified atom stereocenters. The highest BCUT2D eigenvalue weighted by atomic mass is 16.5. The summed E-state index contributed by atoms with van der Waals surface area (Å²) in [6.07, 6.45) is 1.27. The van der Waals surface area contributed by atoms with Crippen LogP contribution in [-0.2, 0) is 9.53 Å². The van der Waals surface area contributed by atoms with E-state index in [-0.39, 0.29) is 12.5 Å². The molecule has 0 saturated carbocycles. The summed E-state index contributed by atoms with van der Waals surface area (Å²) in [7, 11) is 0. The number of carbonyl (C=O) groups is 1. The van der Waals surface area contributed by atoms with Crippen molar-refractivity contribution in [3.05, 3.63) is 0 Å². The smallest absolute Gasteiger partial charge is 0.304 e. The quantitative estimate of drug-likeness (QED) is 0.749. The van der Waals surface area contributed by atoms with Gasteiger partial charge in [0, 0.05) is 19.1 Å². The largest absolute Gasteiger partial charge is 0.481 e. The highest BCUT2D eigenvalue weighted by Gasteiger charge is 2.27. The molecule has 0 aromatic heterocycles. The second kappa shape index (κ2) is 6.08. The predicted octanol–water partition coefficient (Wildman–Crippen LogP) is 1.21. The van der Waals surface area contributed by atoms with Gasteiger partial charge >= 0.3 is 5.97 Å². The lowest BCUT2D eigenvalue weighted by Gasteiger charge is -2.36. The summed E-state index contributed by atoms with van der Waals surface area (Å²) in [6, 6.07) is 0.163. The fourth-order valence-electron chi connectivity index (χ4n) is 2.05. The first-order chi connectivity index (χ1) is 7.15. The van der Waals surface area contributed by atoms with E-state index in [9.17, 15) is 4.79 Å².